The first-order valence-corrected chi connectivity index (χ1v) is 11.8. The molecule has 1 aliphatic heterocycles. The van der Waals surface area contributed by atoms with Crippen molar-refractivity contribution in [1.82, 2.24) is 20.3 Å². The molecular weight excluding hydrogens is 442 g/mol. The van der Waals surface area contributed by atoms with E-state index in [1.54, 1.807) is 6.07 Å². The third-order valence-corrected chi connectivity index (χ3v) is 5.75. The Labute approximate surface area is 203 Å². The number of para-hydroxylation sites is 1. The maximum atomic E-state index is 11.9. The zero-order valence-electron chi connectivity index (χ0n) is 19.5. The number of hydrogen-bond donors (Lipinski definition) is 4. The number of pyridine rings is 2. The summed E-state index contributed by atoms with van der Waals surface area (Å²) < 4.78 is 0. The Morgan fingerprint density at radius 2 is 1.91 bits per heavy atom. The number of benzene rings is 1. The summed E-state index contributed by atoms with van der Waals surface area (Å²) in [4.78, 5) is 34.2. The minimum absolute atomic E-state index is 0.0860. The second-order valence-corrected chi connectivity index (χ2v) is 8.36. The minimum Gasteiger partial charge on any atom is -0.481 e. The van der Waals surface area contributed by atoms with Crippen LogP contribution in [0.15, 0.2) is 67.0 Å². The van der Waals surface area contributed by atoms with E-state index < -0.39 is 5.97 Å². The third-order valence-electron chi connectivity index (χ3n) is 5.75. The minimum atomic E-state index is -0.931. The van der Waals surface area contributed by atoms with Crippen molar-refractivity contribution >= 4 is 28.6 Å². The van der Waals surface area contributed by atoms with Gasteiger partial charge in [0.25, 0.3) is 5.91 Å². The van der Waals surface area contributed by atoms with Crippen LogP contribution in [0, 0.1) is 0 Å². The lowest BCUT2D eigenvalue weighted by atomic mass is 10.1. The van der Waals surface area contributed by atoms with E-state index >= 15 is 0 Å². The fourth-order valence-electron chi connectivity index (χ4n) is 3.89. The van der Waals surface area contributed by atoms with E-state index in [0.717, 1.165) is 54.8 Å². The predicted octanol–water partition coefficient (Wildman–Crippen LogP) is 3.99. The van der Waals surface area contributed by atoms with Gasteiger partial charge in [-0.05, 0) is 61.1 Å². The van der Waals surface area contributed by atoms with Crippen LogP contribution in [0.3, 0.4) is 0 Å². The molecule has 0 spiro atoms. The van der Waals surface area contributed by atoms with Crippen LogP contribution in [0.5, 0.6) is 0 Å². The summed E-state index contributed by atoms with van der Waals surface area (Å²) in [7, 11) is 0. The number of carboxylic acids is 1. The maximum absolute atomic E-state index is 11.9. The van der Waals surface area contributed by atoms with Crippen LogP contribution in [-0.4, -0.2) is 45.0 Å². The fraction of sp³-hybridized carbons (Fsp3) is 0.259. The zero-order valence-corrected chi connectivity index (χ0v) is 19.5. The highest BCUT2D eigenvalue weighted by Crippen LogP contribution is 2.20. The number of carbonyl (C=O) groups excluding carboxylic acids is 1. The lowest BCUT2D eigenvalue weighted by Crippen LogP contribution is -2.26. The molecule has 1 aromatic carbocycles. The molecule has 4 N–H and O–H groups in total. The largest absolute Gasteiger partial charge is 0.481 e. The van der Waals surface area contributed by atoms with E-state index in [-0.39, 0.29) is 18.9 Å². The molecule has 3 aromatic heterocycles. The summed E-state index contributed by atoms with van der Waals surface area (Å²) in [5, 5.41) is 15.7. The average Bonchev–Trinajstić information content (AvgIpc) is 3.37. The fourth-order valence-corrected chi connectivity index (χ4v) is 3.89. The highest BCUT2D eigenvalue weighted by Gasteiger charge is 2.12. The number of fused-ring (bicyclic) bond motifs is 2. The molecule has 0 atom stereocenters. The van der Waals surface area contributed by atoms with Crippen LogP contribution < -0.4 is 10.6 Å². The molecule has 8 nitrogen and oxygen atoms in total. The molecule has 4 heterocycles. The number of anilines is 1. The summed E-state index contributed by atoms with van der Waals surface area (Å²) in [6, 6.07) is 18.1. The van der Waals surface area contributed by atoms with Crippen molar-refractivity contribution in [2.24, 2.45) is 0 Å². The second-order valence-electron chi connectivity index (χ2n) is 8.36. The van der Waals surface area contributed by atoms with Crippen molar-refractivity contribution in [3.8, 4) is 0 Å². The standard InChI is InChI=1S/C18H22N4O3.C9H7N/c23-16(24)7-9-20-18(25)15-10-12(11-21-15)3-5-14-6-4-13-2-1-8-19-17(13)22-14;1-2-6-9-8(4-1)5-3-7-10-9/h4,6,10-11,21H,1-3,5,7-9H2,(H,19,22)(H,20,25)(H,23,24);1-7H. The number of aliphatic carboxylic acids is 1. The van der Waals surface area contributed by atoms with Gasteiger partial charge in [-0.1, -0.05) is 30.3 Å². The number of hydrogen-bond acceptors (Lipinski definition) is 5. The number of carbonyl (C=O) groups is 2. The first kappa shape index (κ1) is 23.9. The number of carboxylic acid groups (broad SMARTS) is 1. The Bertz CT molecular complexity index is 1240. The summed E-state index contributed by atoms with van der Waals surface area (Å²) in [6.45, 7) is 1.09. The molecule has 0 radical (unpaired) electrons. The van der Waals surface area contributed by atoms with Gasteiger partial charge in [-0.2, -0.15) is 0 Å². The van der Waals surface area contributed by atoms with Gasteiger partial charge in [-0.3, -0.25) is 14.6 Å². The van der Waals surface area contributed by atoms with Gasteiger partial charge in [0.15, 0.2) is 0 Å². The predicted molar refractivity (Wildman–Crippen MR) is 136 cm³/mol. The van der Waals surface area contributed by atoms with Crippen LogP contribution in [0.25, 0.3) is 10.9 Å². The molecule has 35 heavy (non-hydrogen) atoms. The van der Waals surface area contributed by atoms with Crippen molar-refractivity contribution in [3.05, 3.63) is 89.5 Å². The van der Waals surface area contributed by atoms with Gasteiger partial charge in [-0.15, -0.1) is 0 Å². The molecule has 0 fully saturated rings. The van der Waals surface area contributed by atoms with Gasteiger partial charge in [0.2, 0.25) is 0 Å². The van der Waals surface area contributed by atoms with Gasteiger partial charge in [0.05, 0.1) is 11.9 Å². The Balaban J connectivity index is 0.000000239. The monoisotopic (exact) mass is 471 g/mol. The average molecular weight is 472 g/mol. The Morgan fingerprint density at radius 1 is 1.06 bits per heavy atom. The SMILES string of the molecule is O=C(O)CCNC(=O)c1cc(CCc2ccc3c(n2)NCCC3)c[nH]1.c1ccc2ncccc2c1. The molecule has 8 heteroatoms. The molecule has 1 amide bonds. The lowest BCUT2D eigenvalue weighted by molar-refractivity contribution is -0.136. The summed E-state index contributed by atoms with van der Waals surface area (Å²) in [5.41, 5.74) is 4.83. The van der Waals surface area contributed by atoms with Crippen LogP contribution in [0.1, 0.15) is 40.2 Å². The van der Waals surface area contributed by atoms with E-state index in [1.165, 1.54) is 10.9 Å². The van der Waals surface area contributed by atoms with Gasteiger partial charge in [-0.25, -0.2) is 4.98 Å². The van der Waals surface area contributed by atoms with E-state index in [4.69, 9.17) is 5.11 Å². The smallest absolute Gasteiger partial charge is 0.305 e. The van der Waals surface area contributed by atoms with Crippen molar-refractivity contribution < 1.29 is 14.7 Å². The number of nitrogens with zero attached hydrogens (tertiary/aromatic N) is 2. The van der Waals surface area contributed by atoms with Crippen molar-refractivity contribution in [1.29, 1.82) is 0 Å². The van der Waals surface area contributed by atoms with Crippen molar-refractivity contribution in [2.75, 3.05) is 18.4 Å². The summed E-state index contributed by atoms with van der Waals surface area (Å²) >= 11 is 0. The molecule has 0 bridgehead atoms. The Hall–Kier alpha value is -4.20. The number of H-pyrrole nitrogens is 1. The first-order valence-electron chi connectivity index (χ1n) is 11.8. The molecule has 5 rings (SSSR count). The van der Waals surface area contributed by atoms with Crippen LogP contribution >= 0.6 is 0 Å². The van der Waals surface area contributed by atoms with E-state index in [9.17, 15) is 9.59 Å². The molecule has 4 aromatic rings. The molecule has 0 saturated heterocycles. The van der Waals surface area contributed by atoms with Gasteiger partial charge >= 0.3 is 5.97 Å². The van der Waals surface area contributed by atoms with Crippen LogP contribution in [0.2, 0.25) is 0 Å². The maximum Gasteiger partial charge on any atom is 0.305 e. The van der Waals surface area contributed by atoms with Crippen LogP contribution in [-0.2, 0) is 24.1 Å². The van der Waals surface area contributed by atoms with E-state index in [0.29, 0.717) is 5.69 Å². The van der Waals surface area contributed by atoms with E-state index in [2.05, 4.69) is 49.9 Å². The van der Waals surface area contributed by atoms with Crippen LogP contribution in [0.4, 0.5) is 5.82 Å². The number of aromatic amines is 1. The summed E-state index contributed by atoms with van der Waals surface area (Å²) in [5.74, 6) is -0.223. The number of nitrogens with one attached hydrogen (secondary N) is 3. The first-order chi connectivity index (χ1) is 17.1. The molecule has 180 valence electrons. The molecule has 0 aliphatic carbocycles. The van der Waals surface area contributed by atoms with E-state index in [1.807, 2.05) is 36.7 Å². The number of amides is 1. The molecular formula is C27H29N5O3. The quantitative estimate of drug-likeness (QED) is 0.323. The van der Waals surface area contributed by atoms with Gasteiger partial charge in [0.1, 0.15) is 11.5 Å². The highest BCUT2D eigenvalue weighted by atomic mass is 16.4. The van der Waals surface area contributed by atoms with Crippen molar-refractivity contribution in [2.45, 2.75) is 32.1 Å². The highest BCUT2D eigenvalue weighted by molar-refractivity contribution is 5.92. The Kier molecular flexibility index (Phi) is 8.06. The lowest BCUT2D eigenvalue weighted by Gasteiger charge is -2.17. The molecule has 0 unspecified atom stereocenters. The second kappa shape index (κ2) is 11.8. The van der Waals surface area contributed by atoms with Crippen molar-refractivity contribution in [3.63, 3.8) is 0 Å². The number of aromatic nitrogens is 3. The normalized spacial score (nSPS) is 12.1. The number of aryl methyl sites for hydroxylation is 3. The van der Waals surface area contributed by atoms with Gasteiger partial charge in [0, 0.05) is 36.6 Å². The topological polar surface area (TPSA) is 120 Å². The third kappa shape index (κ3) is 6.89. The zero-order chi connectivity index (χ0) is 24.5. The number of rotatable bonds is 7. The Morgan fingerprint density at radius 3 is 2.77 bits per heavy atom. The molecule has 1 aliphatic rings. The van der Waals surface area contributed by atoms with Gasteiger partial charge < -0.3 is 20.7 Å². The molecule has 0 saturated carbocycles. The summed E-state index contributed by atoms with van der Waals surface area (Å²) in [6.07, 6.45) is 7.34.